The van der Waals surface area contributed by atoms with Gasteiger partial charge in [-0.3, -0.25) is 4.79 Å². The topological polar surface area (TPSA) is 87.5 Å². The lowest BCUT2D eigenvalue weighted by Crippen LogP contribution is -2.23. The van der Waals surface area contributed by atoms with Gasteiger partial charge in [0.2, 0.25) is 0 Å². The van der Waals surface area contributed by atoms with E-state index < -0.39 is 9.84 Å². The summed E-state index contributed by atoms with van der Waals surface area (Å²) in [6, 6.07) is 16.9. The molecule has 1 aliphatic rings. The highest BCUT2D eigenvalue weighted by molar-refractivity contribution is 7.91. The van der Waals surface area contributed by atoms with Crippen LogP contribution in [0.5, 0.6) is 11.5 Å². The van der Waals surface area contributed by atoms with E-state index in [-0.39, 0.29) is 29.2 Å². The van der Waals surface area contributed by atoms with Crippen molar-refractivity contribution in [2.45, 2.75) is 24.3 Å². The van der Waals surface area contributed by atoms with Gasteiger partial charge in [0, 0.05) is 24.6 Å². The van der Waals surface area contributed by atoms with Crippen molar-refractivity contribution in [3.63, 3.8) is 0 Å². The normalized spacial score (nSPS) is 13.6. The molecule has 8 heteroatoms. The highest BCUT2D eigenvalue weighted by Crippen LogP contribution is 2.33. The first kappa shape index (κ1) is 20.2. The van der Waals surface area contributed by atoms with Crippen molar-refractivity contribution >= 4 is 9.84 Å². The maximum Gasteiger partial charge on any atom is 0.266 e. The molecule has 0 N–H and O–H groups in total. The van der Waals surface area contributed by atoms with Gasteiger partial charge in [0.25, 0.3) is 5.56 Å². The second kappa shape index (κ2) is 8.71. The molecule has 0 atom stereocenters. The lowest BCUT2D eigenvalue weighted by Gasteiger charge is -2.11. The predicted octanol–water partition coefficient (Wildman–Crippen LogP) is 2.94. The zero-order valence-electron chi connectivity index (χ0n) is 16.4. The molecular weight excluding hydrogens is 404 g/mol. The Kier molecular flexibility index (Phi) is 5.85. The molecule has 1 aromatic heterocycles. The van der Waals surface area contributed by atoms with E-state index >= 15 is 0 Å². The number of nitrogens with zero attached hydrogens (tertiary/aromatic N) is 2. The second-order valence-electron chi connectivity index (χ2n) is 6.98. The lowest BCUT2D eigenvalue weighted by atomic mass is 10.1. The van der Waals surface area contributed by atoms with Crippen molar-refractivity contribution in [3.05, 3.63) is 71.0 Å². The Morgan fingerprint density at radius 3 is 2.50 bits per heavy atom. The molecule has 0 radical (unpaired) electrons. The molecule has 0 saturated carbocycles. The number of benzene rings is 2. The van der Waals surface area contributed by atoms with Crippen molar-refractivity contribution in [3.8, 4) is 22.8 Å². The summed E-state index contributed by atoms with van der Waals surface area (Å²) in [5.41, 5.74) is 1.13. The molecule has 0 saturated heterocycles. The number of aromatic nitrogens is 2. The van der Waals surface area contributed by atoms with E-state index in [4.69, 9.17) is 9.47 Å². The third-order valence-corrected chi connectivity index (χ3v) is 6.61. The van der Waals surface area contributed by atoms with Crippen molar-refractivity contribution in [2.75, 3.05) is 19.0 Å². The van der Waals surface area contributed by atoms with Gasteiger partial charge in [-0.2, -0.15) is 5.10 Å². The van der Waals surface area contributed by atoms with Crippen LogP contribution in [0.4, 0.5) is 0 Å². The molecule has 4 rings (SSSR count). The molecule has 0 amide bonds. The minimum Gasteiger partial charge on any atom is -0.490 e. The Balaban J connectivity index is 1.50. The van der Waals surface area contributed by atoms with Gasteiger partial charge in [0.15, 0.2) is 21.3 Å². The highest BCUT2D eigenvalue weighted by Gasteiger charge is 2.15. The zero-order chi connectivity index (χ0) is 21.0. The van der Waals surface area contributed by atoms with Crippen LogP contribution in [0.1, 0.15) is 12.8 Å². The first-order chi connectivity index (χ1) is 14.5. The van der Waals surface area contributed by atoms with Crippen LogP contribution < -0.4 is 15.0 Å². The minimum absolute atomic E-state index is 0.0562. The molecule has 0 bridgehead atoms. The van der Waals surface area contributed by atoms with Crippen molar-refractivity contribution in [1.82, 2.24) is 9.78 Å². The largest absolute Gasteiger partial charge is 0.490 e. The number of fused-ring (bicyclic) bond motifs is 1. The molecule has 0 aliphatic carbocycles. The first-order valence-corrected chi connectivity index (χ1v) is 11.4. The summed E-state index contributed by atoms with van der Waals surface area (Å²) < 4.78 is 37.5. The van der Waals surface area contributed by atoms with E-state index in [2.05, 4.69) is 5.10 Å². The van der Waals surface area contributed by atoms with Crippen molar-refractivity contribution in [2.24, 2.45) is 0 Å². The average Bonchev–Trinajstić information content (AvgIpc) is 3.00. The Morgan fingerprint density at radius 2 is 1.70 bits per heavy atom. The van der Waals surface area contributed by atoms with Crippen LogP contribution in [0, 0.1) is 0 Å². The summed E-state index contributed by atoms with van der Waals surface area (Å²) in [5.74, 6) is 1.29. The quantitative estimate of drug-likeness (QED) is 0.602. The van der Waals surface area contributed by atoms with Crippen LogP contribution in [0.3, 0.4) is 0 Å². The molecule has 3 aromatic rings. The fraction of sp³-hybridized carbons (Fsp3) is 0.273. The molecule has 0 spiro atoms. The minimum atomic E-state index is -3.39. The zero-order valence-corrected chi connectivity index (χ0v) is 17.2. The third kappa shape index (κ3) is 4.54. The van der Waals surface area contributed by atoms with E-state index in [9.17, 15) is 13.2 Å². The standard InChI is InChI=1S/C22H22N2O5S/c25-22-11-9-19(17-8-10-20-21(16-17)29-14-5-13-28-20)23-24(22)12-4-15-30(26,27)18-6-2-1-3-7-18/h1-3,6-11,16H,4-5,12-15H2. The number of hydrogen-bond donors (Lipinski definition) is 0. The van der Waals surface area contributed by atoms with Crippen LogP contribution in [0.15, 0.2) is 70.4 Å². The summed E-state index contributed by atoms with van der Waals surface area (Å²) >= 11 is 0. The smallest absolute Gasteiger partial charge is 0.266 e. The summed E-state index contributed by atoms with van der Waals surface area (Å²) in [5, 5.41) is 4.42. The van der Waals surface area contributed by atoms with E-state index in [0.29, 0.717) is 30.4 Å². The van der Waals surface area contributed by atoms with Gasteiger partial charge < -0.3 is 9.47 Å². The van der Waals surface area contributed by atoms with Crippen molar-refractivity contribution in [1.29, 1.82) is 0 Å². The number of aryl methyl sites for hydroxylation is 1. The van der Waals surface area contributed by atoms with Gasteiger partial charge in [-0.1, -0.05) is 18.2 Å². The van der Waals surface area contributed by atoms with E-state index in [1.54, 1.807) is 36.4 Å². The average molecular weight is 426 g/mol. The third-order valence-electron chi connectivity index (χ3n) is 4.80. The number of rotatable bonds is 6. The van der Waals surface area contributed by atoms with Crippen LogP contribution in [0.25, 0.3) is 11.3 Å². The van der Waals surface area contributed by atoms with Gasteiger partial charge in [0.05, 0.1) is 29.6 Å². The van der Waals surface area contributed by atoms with Gasteiger partial charge in [0.1, 0.15) is 0 Å². The fourth-order valence-corrected chi connectivity index (χ4v) is 4.55. The molecular formula is C22H22N2O5S. The van der Waals surface area contributed by atoms with Gasteiger partial charge in [-0.25, -0.2) is 13.1 Å². The molecule has 0 fully saturated rings. The summed E-state index contributed by atoms with van der Waals surface area (Å²) in [6.07, 6.45) is 1.10. The number of sulfone groups is 1. The molecule has 0 unspecified atom stereocenters. The van der Waals surface area contributed by atoms with Gasteiger partial charge in [-0.15, -0.1) is 0 Å². The Labute approximate surface area is 174 Å². The summed E-state index contributed by atoms with van der Waals surface area (Å²) in [4.78, 5) is 12.5. The SMILES string of the molecule is O=c1ccc(-c2ccc3c(c2)OCCCO3)nn1CCCS(=O)(=O)c1ccccc1. The van der Waals surface area contributed by atoms with Crippen molar-refractivity contribution < 1.29 is 17.9 Å². The van der Waals surface area contributed by atoms with E-state index in [1.807, 2.05) is 18.2 Å². The Bertz CT molecular complexity index is 1190. The monoisotopic (exact) mass is 426 g/mol. The van der Waals surface area contributed by atoms with Gasteiger partial charge >= 0.3 is 0 Å². The Morgan fingerprint density at radius 1 is 0.933 bits per heavy atom. The number of hydrogen-bond acceptors (Lipinski definition) is 6. The molecule has 7 nitrogen and oxygen atoms in total. The maximum absolute atomic E-state index is 12.4. The first-order valence-electron chi connectivity index (χ1n) is 9.79. The van der Waals surface area contributed by atoms with E-state index in [0.717, 1.165) is 12.0 Å². The predicted molar refractivity (Wildman–Crippen MR) is 113 cm³/mol. The summed E-state index contributed by atoms with van der Waals surface area (Å²) in [7, 11) is -3.39. The second-order valence-corrected chi connectivity index (χ2v) is 9.09. The number of ether oxygens (including phenoxy) is 2. The van der Waals surface area contributed by atoms with Crippen LogP contribution in [-0.4, -0.2) is 37.2 Å². The molecule has 30 heavy (non-hydrogen) atoms. The van der Waals surface area contributed by atoms with Crippen LogP contribution in [-0.2, 0) is 16.4 Å². The van der Waals surface area contributed by atoms with E-state index in [1.165, 1.54) is 10.7 Å². The fourth-order valence-electron chi connectivity index (χ4n) is 3.24. The molecule has 156 valence electrons. The molecule has 2 aromatic carbocycles. The highest BCUT2D eigenvalue weighted by atomic mass is 32.2. The Hall–Kier alpha value is -3.13. The van der Waals surface area contributed by atoms with Gasteiger partial charge in [-0.05, 0) is 42.8 Å². The molecule has 2 heterocycles. The van der Waals surface area contributed by atoms with Crippen LogP contribution >= 0.6 is 0 Å². The lowest BCUT2D eigenvalue weighted by molar-refractivity contribution is 0.297. The summed E-state index contributed by atoms with van der Waals surface area (Å²) in [6.45, 7) is 1.41. The maximum atomic E-state index is 12.4. The van der Waals surface area contributed by atoms with Crippen LogP contribution in [0.2, 0.25) is 0 Å². The molecule has 1 aliphatic heterocycles.